The topological polar surface area (TPSA) is 115 Å². The monoisotopic (exact) mass is 388 g/mol. The van der Waals surface area contributed by atoms with Gasteiger partial charge in [-0.1, -0.05) is 18.2 Å². The van der Waals surface area contributed by atoms with E-state index in [0.29, 0.717) is 28.7 Å². The highest BCUT2D eigenvalue weighted by Crippen LogP contribution is 2.47. The Balaban J connectivity index is 1.71. The van der Waals surface area contributed by atoms with Crippen LogP contribution in [0.5, 0.6) is 23.1 Å². The van der Waals surface area contributed by atoms with Crippen molar-refractivity contribution < 1.29 is 18.9 Å². The number of fused-ring (bicyclic) bond motifs is 2. The minimum Gasteiger partial charge on any atom is -0.497 e. The first-order chi connectivity index (χ1) is 14.2. The molecular weight excluding hydrogens is 372 g/mol. The van der Waals surface area contributed by atoms with Crippen LogP contribution >= 0.6 is 0 Å². The van der Waals surface area contributed by atoms with Gasteiger partial charge in [-0.2, -0.15) is 5.26 Å². The SMILES string of the molecule is COc1cccc(-c2[nH]nc3c2C(c2ccc4c(c2)OCO4)C(C#N)=C(N)O3)c1. The highest BCUT2D eigenvalue weighted by molar-refractivity contribution is 5.72. The van der Waals surface area contributed by atoms with Crippen molar-refractivity contribution in [2.45, 2.75) is 5.92 Å². The molecule has 3 N–H and O–H groups in total. The first kappa shape index (κ1) is 17.0. The summed E-state index contributed by atoms with van der Waals surface area (Å²) in [6.07, 6.45) is 0. The summed E-state index contributed by atoms with van der Waals surface area (Å²) in [6, 6.07) is 15.3. The van der Waals surface area contributed by atoms with E-state index in [2.05, 4.69) is 16.3 Å². The molecule has 2 aromatic carbocycles. The number of nitriles is 1. The van der Waals surface area contributed by atoms with E-state index in [9.17, 15) is 5.26 Å². The number of aromatic amines is 1. The molecule has 2 aliphatic rings. The maximum absolute atomic E-state index is 9.82. The zero-order valence-corrected chi connectivity index (χ0v) is 15.4. The van der Waals surface area contributed by atoms with Crippen molar-refractivity contribution in [3.8, 4) is 40.5 Å². The Bertz CT molecular complexity index is 1190. The van der Waals surface area contributed by atoms with Crippen LogP contribution in [0, 0.1) is 11.3 Å². The predicted octanol–water partition coefficient (Wildman–Crippen LogP) is 3.03. The van der Waals surface area contributed by atoms with Gasteiger partial charge in [-0.15, -0.1) is 5.10 Å². The summed E-state index contributed by atoms with van der Waals surface area (Å²) in [5, 5.41) is 17.1. The van der Waals surface area contributed by atoms with Crippen molar-refractivity contribution in [3.05, 3.63) is 65.0 Å². The minimum absolute atomic E-state index is 0.0337. The second-order valence-corrected chi connectivity index (χ2v) is 6.59. The smallest absolute Gasteiger partial charge is 0.244 e. The first-order valence-electron chi connectivity index (χ1n) is 8.89. The van der Waals surface area contributed by atoms with Crippen LogP contribution in [0.4, 0.5) is 0 Å². The molecule has 144 valence electrons. The summed E-state index contributed by atoms with van der Waals surface area (Å²) >= 11 is 0. The Labute approximate surface area is 166 Å². The normalized spacial score (nSPS) is 16.8. The van der Waals surface area contributed by atoms with Crippen LogP contribution in [0.15, 0.2) is 53.9 Å². The average Bonchev–Trinajstić information content (AvgIpc) is 3.39. The van der Waals surface area contributed by atoms with Crippen LogP contribution in [0.25, 0.3) is 11.3 Å². The largest absolute Gasteiger partial charge is 0.497 e. The zero-order valence-electron chi connectivity index (χ0n) is 15.4. The Morgan fingerprint density at radius 2 is 2.07 bits per heavy atom. The molecular formula is C21H16N4O4. The van der Waals surface area contributed by atoms with Gasteiger partial charge in [0.15, 0.2) is 11.5 Å². The molecule has 0 spiro atoms. The van der Waals surface area contributed by atoms with E-state index in [1.807, 2.05) is 42.5 Å². The second-order valence-electron chi connectivity index (χ2n) is 6.59. The highest BCUT2D eigenvalue weighted by atomic mass is 16.7. The summed E-state index contributed by atoms with van der Waals surface area (Å²) in [4.78, 5) is 0. The summed E-state index contributed by atoms with van der Waals surface area (Å²) in [5.74, 6) is 1.89. The number of hydrogen-bond donors (Lipinski definition) is 2. The van der Waals surface area contributed by atoms with Crippen molar-refractivity contribution in [1.29, 1.82) is 5.26 Å². The number of aromatic nitrogens is 2. The molecule has 29 heavy (non-hydrogen) atoms. The molecule has 0 radical (unpaired) electrons. The molecule has 5 rings (SSSR count). The lowest BCUT2D eigenvalue weighted by Gasteiger charge is -2.24. The molecule has 0 fully saturated rings. The van der Waals surface area contributed by atoms with Gasteiger partial charge < -0.3 is 24.7 Å². The fourth-order valence-corrected chi connectivity index (χ4v) is 3.67. The molecule has 0 saturated heterocycles. The minimum atomic E-state index is -0.474. The van der Waals surface area contributed by atoms with Crippen molar-refractivity contribution in [2.24, 2.45) is 5.73 Å². The summed E-state index contributed by atoms with van der Waals surface area (Å²) in [6.45, 7) is 0.168. The Morgan fingerprint density at radius 3 is 2.90 bits per heavy atom. The van der Waals surface area contributed by atoms with Crippen molar-refractivity contribution in [3.63, 3.8) is 0 Å². The number of nitrogens with zero attached hydrogens (tertiary/aromatic N) is 2. The van der Waals surface area contributed by atoms with Gasteiger partial charge in [0.25, 0.3) is 0 Å². The van der Waals surface area contributed by atoms with Gasteiger partial charge in [-0.05, 0) is 29.8 Å². The zero-order chi connectivity index (χ0) is 20.0. The number of allylic oxidation sites excluding steroid dienone is 1. The van der Waals surface area contributed by atoms with E-state index in [1.165, 1.54) is 0 Å². The first-order valence-corrected chi connectivity index (χ1v) is 8.89. The Morgan fingerprint density at radius 1 is 1.21 bits per heavy atom. The van der Waals surface area contributed by atoms with Crippen LogP contribution in [-0.4, -0.2) is 24.1 Å². The summed E-state index contributed by atoms with van der Waals surface area (Å²) in [7, 11) is 1.61. The van der Waals surface area contributed by atoms with Gasteiger partial charge in [0.2, 0.25) is 18.6 Å². The number of benzene rings is 2. The lowest BCUT2D eigenvalue weighted by molar-refractivity contribution is 0.174. The van der Waals surface area contributed by atoms with Crippen LogP contribution in [-0.2, 0) is 0 Å². The molecule has 1 unspecified atom stereocenters. The maximum Gasteiger partial charge on any atom is 0.244 e. The lowest BCUT2D eigenvalue weighted by Crippen LogP contribution is -2.21. The van der Waals surface area contributed by atoms with E-state index in [0.717, 1.165) is 22.4 Å². The fourth-order valence-electron chi connectivity index (χ4n) is 3.67. The van der Waals surface area contributed by atoms with Gasteiger partial charge in [-0.3, -0.25) is 5.10 Å². The Kier molecular flexibility index (Phi) is 3.81. The van der Waals surface area contributed by atoms with Crippen LogP contribution in [0.3, 0.4) is 0 Å². The van der Waals surface area contributed by atoms with Crippen LogP contribution in [0.1, 0.15) is 17.0 Å². The Hall–Kier alpha value is -4.12. The van der Waals surface area contributed by atoms with Crippen molar-refractivity contribution in [1.82, 2.24) is 10.2 Å². The van der Waals surface area contributed by atoms with E-state index in [4.69, 9.17) is 24.7 Å². The van der Waals surface area contributed by atoms with E-state index in [-0.39, 0.29) is 12.7 Å². The average molecular weight is 388 g/mol. The van der Waals surface area contributed by atoms with E-state index >= 15 is 0 Å². The number of nitrogens with two attached hydrogens (primary N) is 1. The molecule has 1 atom stereocenters. The molecule has 0 bridgehead atoms. The van der Waals surface area contributed by atoms with Gasteiger partial charge in [0.05, 0.1) is 24.3 Å². The molecule has 0 amide bonds. The predicted molar refractivity (Wildman–Crippen MR) is 102 cm³/mol. The number of rotatable bonds is 3. The fraction of sp³-hybridized carbons (Fsp3) is 0.143. The van der Waals surface area contributed by atoms with Gasteiger partial charge in [0, 0.05) is 5.56 Å². The standard InChI is InChI=1S/C21H16N4O4/c1-26-13-4-2-3-12(7-13)19-18-17(11-5-6-15-16(8-11)28-10-27-15)14(9-22)20(23)29-21(18)25-24-19/h2-8,17H,10,23H2,1H3,(H,24,25). The van der Waals surface area contributed by atoms with E-state index in [1.54, 1.807) is 7.11 Å². The van der Waals surface area contributed by atoms with Crippen LogP contribution in [0.2, 0.25) is 0 Å². The molecule has 8 nitrogen and oxygen atoms in total. The third-order valence-corrected chi connectivity index (χ3v) is 5.03. The molecule has 3 aromatic rings. The quantitative estimate of drug-likeness (QED) is 0.708. The number of methoxy groups -OCH3 is 1. The number of ether oxygens (including phenoxy) is 4. The van der Waals surface area contributed by atoms with Gasteiger partial charge >= 0.3 is 0 Å². The molecule has 3 heterocycles. The van der Waals surface area contributed by atoms with Crippen molar-refractivity contribution >= 4 is 0 Å². The summed E-state index contributed by atoms with van der Waals surface area (Å²) in [5.41, 5.74) is 9.47. The molecule has 0 aliphatic carbocycles. The third-order valence-electron chi connectivity index (χ3n) is 5.03. The third kappa shape index (κ3) is 2.63. The van der Waals surface area contributed by atoms with E-state index < -0.39 is 5.92 Å². The number of hydrogen-bond acceptors (Lipinski definition) is 7. The number of H-pyrrole nitrogens is 1. The van der Waals surface area contributed by atoms with Gasteiger partial charge in [-0.25, -0.2) is 0 Å². The van der Waals surface area contributed by atoms with Crippen LogP contribution < -0.4 is 24.7 Å². The van der Waals surface area contributed by atoms with Gasteiger partial charge in [0.1, 0.15) is 17.4 Å². The summed E-state index contributed by atoms with van der Waals surface area (Å²) < 4.78 is 21.9. The lowest BCUT2D eigenvalue weighted by atomic mass is 9.83. The number of nitrogens with one attached hydrogen (secondary N) is 1. The molecule has 1 aromatic heterocycles. The van der Waals surface area contributed by atoms with Crippen molar-refractivity contribution in [2.75, 3.05) is 13.9 Å². The molecule has 2 aliphatic heterocycles. The maximum atomic E-state index is 9.82. The molecule has 0 saturated carbocycles. The second kappa shape index (κ2) is 6.49. The highest BCUT2D eigenvalue weighted by Gasteiger charge is 2.36. The molecule has 8 heteroatoms.